The van der Waals surface area contributed by atoms with Gasteiger partial charge in [-0.25, -0.2) is 0 Å². The SMILES string of the molecule is CC(C)COCC(O)CNCCN1CCCCC1. The van der Waals surface area contributed by atoms with Crippen LogP contribution in [-0.2, 0) is 4.74 Å². The van der Waals surface area contributed by atoms with Crippen molar-refractivity contribution in [3.63, 3.8) is 0 Å². The quantitative estimate of drug-likeness (QED) is 0.608. The number of aliphatic hydroxyl groups excluding tert-OH is 1. The predicted octanol–water partition coefficient (Wildman–Crippen LogP) is 1.10. The molecule has 1 saturated heterocycles. The predicted molar refractivity (Wildman–Crippen MR) is 74.8 cm³/mol. The summed E-state index contributed by atoms with van der Waals surface area (Å²) >= 11 is 0. The molecule has 1 aliphatic rings. The topological polar surface area (TPSA) is 44.7 Å². The van der Waals surface area contributed by atoms with E-state index in [2.05, 4.69) is 24.1 Å². The second-order valence-electron chi connectivity index (χ2n) is 5.69. The minimum atomic E-state index is -0.384. The maximum Gasteiger partial charge on any atom is 0.0897 e. The molecule has 0 aromatic heterocycles. The number of nitrogens with one attached hydrogen (secondary N) is 1. The van der Waals surface area contributed by atoms with E-state index in [-0.39, 0.29) is 6.10 Å². The molecule has 4 heteroatoms. The summed E-state index contributed by atoms with van der Waals surface area (Å²) in [5, 5.41) is 13.0. The lowest BCUT2D eigenvalue weighted by Crippen LogP contribution is -2.38. The van der Waals surface area contributed by atoms with Crippen molar-refractivity contribution >= 4 is 0 Å². The molecule has 2 N–H and O–H groups in total. The number of nitrogens with zero attached hydrogens (tertiary/aromatic N) is 1. The van der Waals surface area contributed by atoms with Gasteiger partial charge in [0.1, 0.15) is 0 Å². The van der Waals surface area contributed by atoms with E-state index in [1.54, 1.807) is 0 Å². The highest BCUT2D eigenvalue weighted by atomic mass is 16.5. The fourth-order valence-corrected chi connectivity index (χ4v) is 2.19. The van der Waals surface area contributed by atoms with Crippen molar-refractivity contribution in [1.82, 2.24) is 10.2 Å². The molecule has 108 valence electrons. The van der Waals surface area contributed by atoms with Crippen molar-refractivity contribution in [1.29, 1.82) is 0 Å². The molecule has 1 atom stereocenters. The summed E-state index contributed by atoms with van der Waals surface area (Å²) in [6, 6.07) is 0. The summed E-state index contributed by atoms with van der Waals surface area (Å²) in [7, 11) is 0. The Morgan fingerprint density at radius 1 is 1.17 bits per heavy atom. The molecular formula is C14H30N2O2. The van der Waals surface area contributed by atoms with Crippen molar-refractivity contribution in [2.45, 2.75) is 39.2 Å². The smallest absolute Gasteiger partial charge is 0.0897 e. The Bertz CT molecular complexity index is 194. The van der Waals surface area contributed by atoms with Gasteiger partial charge >= 0.3 is 0 Å². The number of hydrogen-bond acceptors (Lipinski definition) is 4. The van der Waals surface area contributed by atoms with E-state index in [1.807, 2.05) is 0 Å². The summed E-state index contributed by atoms with van der Waals surface area (Å²) in [6.45, 7) is 10.6. The second kappa shape index (κ2) is 9.73. The molecule has 1 heterocycles. The van der Waals surface area contributed by atoms with Crippen molar-refractivity contribution in [2.75, 3.05) is 45.9 Å². The van der Waals surface area contributed by atoms with Gasteiger partial charge in [-0.2, -0.15) is 0 Å². The standard InChI is InChI=1S/C14H30N2O2/c1-13(2)11-18-12-14(17)10-15-6-9-16-7-4-3-5-8-16/h13-15,17H,3-12H2,1-2H3. The highest BCUT2D eigenvalue weighted by Gasteiger charge is 2.09. The molecule has 0 radical (unpaired) electrons. The second-order valence-corrected chi connectivity index (χ2v) is 5.69. The maximum absolute atomic E-state index is 9.70. The summed E-state index contributed by atoms with van der Waals surface area (Å²) in [4.78, 5) is 2.50. The van der Waals surface area contributed by atoms with E-state index in [4.69, 9.17) is 4.74 Å². The van der Waals surface area contributed by atoms with Crippen LogP contribution in [0.15, 0.2) is 0 Å². The number of hydrogen-bond donors (Lipinski definition) is 2. The Kier molecular flexibility index (Phi) is 8.59. The van der Waals surface area contributed by atoms with Crippen molar-refractivity contribution in [3.05, 3.63) is 0 Å². The molecular weight excluding hydrogens is 228 g/mol. The van der Waals surface area contributed by atoms with E-state index >= 15 is 0 Å². The van der Waals surface area contributed by atoms with Gasteiger partial charge in [0.05, 0.1) is 12.7 Å². The molecule has 1 aliphatic heterocycles. The molecule has 18 heavy (non-hydrogen) atoms. The highest BCUT2D eigenvalue weighted by molar-refractivity contribution is 4.66. The van der Waals surface area contributed by atoms with Crippen LogP contribution in [0.3, 0.4) is 0 Å². The molecule has 0 aliphatic carbocycles. The normalized spacial score (nSPS) is 19.3. The number of likely N-dealkylation sites (tertiary alicyclic amines) is 1. The van der Waals surface area contributed by atoms with Crippen LogP contribution in [0, 0.1) is 5.92 Å². The molecule has 1 fully saturated rings. The third-order valence-electron chi connectivity index (χ3n) is 3.19. The van der Waals surface area contributed by atoms with Crippen LogP contribution < -0.4 is 5.32 Å². The average molecular weight is 258 g/mol. The Hall–Kier alpha value is -0.160. The zero-order valence-corrected chi connectivity index (χ0v) is 12.0. The number of aliphatic hydroxyl groups is 1. The van der Waals surface area contributed by atoms with Crippen LogP contribution in [0.2, 0.25) is 0 Å². The molecule has 0 aromatic rings. The van der Waals surface area contributed by atoms with Crippen LogP contribution in [0.25, 0.3) is 0 Å². The lowest BCUT2D eigenvalue weighted by atomic mass is 10.1. The Labute approximate surface area is 112 Å². The van der Waals surface area contributed by atoms with E-state index < -0.39 is 0 Å². The van der Waals surface area contributed by atoms with E-state index in [1.165, 1.54) is 32.4 Å². The van der Waals surface area contributed by atoms with Gasteiger partial charge in [-0.05, 0) is 31.8 Å². The van der Waals surface area contributed by atoms with Crippen LogP contribution in [0.5, 0.6) is 0 Å². The lowest BCUT2D eigenvalue weighted by molar-refractivity contribution is 0.0259. The molecule has 0 bridgehead atoms. The first-order valence-electron chi connectivity index (χ1n) is 7.37. The largest absolute Gasteiger partial charge is 0.389 e. The van der Waals surface area contributed by atoms with Gasteiger partial charge in [0.15, 0.2) is 0 Å². The Morgan fingerprint density at radius 3 is 2.56 bits per heavy atom. The zero-order valence-electron chi connectivity index (χ0n) is 12.0. The van der Waals surface area contributed by atoms with Gasteiger partial charge in [0, 0.05) is 26.2 Å². The van der Waals surface area contributed by atoms with Crippen LogP contribution in [0.1, 0.15) is 33.1 Å². The molecule has 0 spiro atoms. The molecule has 4 nitrogen and oxygen atoms in total. The van der Waals surface area contributed by atoms with Crippen LogP contribution in [0.4, 0.5) is 0 Å². The van der Waals surface area contributed by atoms with Crippen molar-refractivity contribution in [2.24, 2.45) is 5.92 Å². The average Bonchev–Trinajstić information content (AvgIpc) is 2.35. The number of rotatable bonds is 9. The van der Waals surface area contributed by atoms with E-state index in [0.717, 1.165) is 19.7 Å². The number of ether oxygens (including phenoxy) is 1. The first-order valence-corrected chi connectivity index (χ1v) is 7.37. The van der Waals surface area contributed by atoms with Crippen molar-refractivity contribution in [3.8, 4) is 0 Å². The first-order chi connectivity index (χ1) is 8.68. The molecule has 1 rings (SSSR count). The maximum atomic E-state index is 9.70. The summed E-state index contributed by atoms with van der Waals surface area (Å²) in [5.74, 6) is 0.532. The third-order valence-corrected chi connectivity index (χ3v) is 3.19. The van der Waals surface area contributed by atoms with E-state index in [9.17, 15) is 5.11 Å². The summed E-state index contributed by atoms with van der Waals surface area (Å²) in [5.41, 5.74) is 0. The van der Waals surface area contributed by atoms with Gasteiger partial charge in [-0.15, -0.1) is 0 Å². The molecule has 0 saturated carbocycles. The van der Waals surface area contributed by atoms with Crippen LogP contribution >= 0.6 is 0 Å². The van der Waals surface area contributed by atoms with Gasteiger partial charge in [0.25, 0.3) is 0 Å². The highest BCUT2D eigenvalue weighted by Crippen LogP contribution is 2.07. The third kappa shape index (κ3) is 8.03. The van der Waals surface area contributed by atoms with Gasteiger partial charge in [0.2, 0.25) is 0 Å². The Morgan fingerprint density at radius 2 is 1.89 bits per heavy atom. The Balaban J connectivity index is 1.89. The molecule has 0 amide bonds. The monoisotopic (exact) mass is 258 g/mol. The summed E-state index contributed by atoms with van der Waals surface area (Å²) < 4.78 is 5.40. The fraction of sp³-hybridized carbons (Fsp3) is 1.00. The van der Waals surface area contributed by atoms with Gasteiger partial charge in [-0.3, -0.25) is 0 Å². The first kappa shape index (κ1) is 15.9. The van der Waals surface area contributed by atoms with E-state index in [0.29, 0.717) is 19.1 Å². The lowest BCUT2D eigenvalue weighted by Gasteiger charge is -2.26. The zero-order chi connectivity index (χ0) is 13.2. The molecule has 0 aromatic carbocycles. The van der Waals surface area contributed by atoms with Crippen molar-refractivity contribution < 1.29 is 9.84 Å². The number of piperidine rings is 1. The molecule has 1 unspecified atom stereocenters. The minimum Gasteiger partial charge on any atom is -0.389 e. The minimum absolute atomic E-state index is 0.384. The summed E-state index contributed by atoms with van der Waals surface area (Å²) in [6.07, 6.45) is 3.68. The fourth-order valence-electron chi connectivity index (χ4n) is 2.19. The van der Waals surface area contributed by atoms with Gasteiger partial charge in [-0.1, -0.05) is 20.3 Å². The van der Waals surface area contributed by atoms with Crippen LogP contribution in [-0.4, -0.2) is 62.0 Å². The van der Waals surface area contributed by atoms with Gasteiger partial charge < -0.3 is 20.1 Å².